The van der Waals surface area contributed by atoms with Gasteiger partial charge >= 0.3 is 5.69 Å². The fraction of sp³-hybridized carbons (Fsp3) is 0.267. The van der Waals surface area contributed by atoms with Crippen molar-refractivity contribution in [3.05, 3.63) is 106 Å². The Bertz CT molecular complexity index is 1520. The molecule has 3 aromatic carbocycles. The van der Waals surface area contributed by atoms with Gasteiger partial charge in [0.05, 0.1) is 12.2 Å². The standard InChI is InChI=1S/C30H32N6O/c1-4-5-6-12-25-20-36(28-21(2)10-9-11-22(28)3)30(37)35(25)19-23-15-17-24(18-16-23)26-13-7-8-14-27(26)29-31-33-34-32-29/h7-11,13-18,20H,4-6,12,19H2,1-3H3,(H,31,32,33,34). The van der Waals surface area contributed by atoms with E-state index in [4.69, 9.17) is 0 Å². The SMILES string of the molecule is CCCCCc1cn(-c2c(C)cccc2C)c(=O)n1Cc1ccc(-c2ccccc2-c2nnn[nH]2)cc1. The van der Waals surface area contributed by atoms with Crippen LogP contribution in [0.3, 0.4) is 0 Å². The summed E-state index contributed by atoms with van der Waals surface area (Å²) in [6.45, 7) is 6.86. The molecule has 0 bridgehead atoms. The Kier molecular flexibility index (Phi) is 7.12. The largest absolute Gasteiger partial charge is 0.333 e. The Morgan fingerprint density at radius 1 is 0.865 bits per heavy atom. The van der Waals surface area contributed by atoms with E-state index in [0.29, 0.717) is 12.4 Å². The third-order valence-corrected chi connectivity index (χ3v) is 6.91. The van der Waals surface area contributed by atoms with Crippen molar-refractivity contribution in [1.29, 1.82) is 0 Å². The highest BCUT2D eigenvalue weighted by Gasteiger charge is 2.16. The maximum Gasteiger partial charge on any atom is 0.333 e. The number of aryl methyl sites for hydroxylation is 3. The van der Waals surface area contributed by atoms with Crippen LogP contribution in [0.15, 0.2) is 77.7 Å². The molecule has 0 aliphatic carbocycles. The minimum Gasteiger partial charge on any atom is -0.292 e. The van der Waals surface area contributed by atoms with Crippen LogP contribution < -0.4 is 5.69 Å². The van der Waals surface area contributed by atoms with E-state index in [2.05, 4.69) is 83.9 Å². The van der Waals surface area contributed by atoms with Crippen LogP contribution in [0.1, 0.15) is 48.6 Å². The van der Waals surface area contributed by atoms with Crippen molar-refractivity contribution >= 4 is 0 Å². The highest BCUT2D eigenvalue weighted by atomic mass is 16.1. The van der Waals surface area contributed by atoms with E-state index in [1.165, 1.54) is 0 Å². The summed E-state index contributed by atoms with van der Waals surface area (Å²) < 4.78 is 3.77. The molecular weight excluding hydrogens is 460 g/mol. The van der Waals surface area contributed by atoms with Gasteiger partial charge in [-0.3, -0.25) is 9.13 Å². The number of hydrogen-bond acceptors (Lipinski definition) is 4. The number of tetrazole rings is 1. The minimum absolute atomic E-state index is 0.0103. The second kappa shape index (κ2) is 10.8. The lowest BCUT2D eigenvalue weighted by molar-refractivity contribution is 0.653. The van der Waals surface area contributed by atoms with Gasteiger partial charge in [0, 0.05) is 17.5 Å². The van der Waals surface area contributed by atoms with Crippen molar-refractivity contribution in [1.82, 2.24) is 29.8 Å². The molecule has 5 aromatic rings. The molecule has 0 unspecified atom stereocenters. The smallest absolute Gasteiger partial charge is 0.292 e. The molecule has 7 heteroatoms. The zero-order valence-electron chi connectivity index (χ0n) is 21.6. The molecule has 1 N–H and O–H groups in total. The van der Waals surface area contributed by atoms with Gasteiger partial charge in [-0.1, -0.05) is 86.5 Å². The number of imidazole rings is 1. The van der Waals surface area contributed by atoms with E-state index in [-0.39, 0.29) is 5.69 Å². The maximum absolute atomic E-state index is 13.7. The molecule has 0 spiro atoms. The fourth-order valence-corrected chi connectivity index (χ4v) is 4.98. The Balaban J connectivity index is 1.48. The highest BCUT2D eigenvalue weighted by molar-refractivity contribution is 5.80. The van der Waals surface area contributed by atoms with Crippen LogP contribution in [0.2, 0.25) is 0 Å². The first kappa shape index (κ1) is 24.4. The molecule has 0 fully saturated rings. The number of para-hydroxylation sites is 1. The summed E-state index contributed by atoms with van der Waals surface area (Å²) in [5, 5.41) is 14.4. The number of nitrogens with one attached hydrogen (secondary N) is 1. The molecule has 2 aromatic heterocycles. The average Bonchev–Trinajstić information content (AvgIpc) is 3.55. The number of benzene rings is 3. The zero-order valence-corrected chi connectivity index (χ0v) is 21.6. The lowest BCUT2D eigenvalue weighted by Crippen LogP contribution is -2.25. The molecule has 0 aliphatic rings. The predicted octanol–water partition coefficient (Wildman–Crippen LogP) is 5.88. The van der Waals surface area contributed by atoms with Crippen molar-refractivity contribution in [2.45, 2.75) is 53.0 Å². The molecule has 0 amide bonds. The molecule has 2 heterocycles. The van der Waals surface area contributed by atoms with Gasteiger partial charge in [-0.25, -0.2) is 9.89 Å². The van der Waals surface area contributed by atoms with Crippen LogP contribution >= 0.6 is 0 Å². The Morgan fingerprint density at radius 3 is 2.27 bits per heavy atom. The number of hydrogen-bond donors (Lipinski definition) is 1. The van der Waals surface area contributed by atoms with E-state index in [0.717, 1.165) is 70.4 Å². The minimum atomic E-state index is 0.0103. The predicted molar refractivity (Wildman–Crippen MR) is 147 cm³/mol. The van der Waals surface area contributed by atoms with Crippen molar-refractivity contribution in [3.8, 4) is 28.2 Å². The number of aromatic nitrogens is 6. The first-order valence-corrected chi connectivity index (χ1v) is 12.9. The highest BCUT2D eigenvalue weighted by Crippen LogP contribution is 2.30. The summed E-state index contributed by atoms with van der Waals surface area (Å²) in [6.07, 6.45) is 6.30. The number of rotatable bonds is 9. The summed E-state index contributed by atoms with van der Waals surface area (Å²) >= 11 is 0. The molecule has 7 nitrogen and oxygen atoms in total. The van der Waals surface area contributed by atoms with Crippen molar-refractivity contribution in [3.63, 3.8) is 0 Å². The Morgan fingerprint density at radius 2 is 1.59 bits per heavy atom. The van der Waals surface area contributed by atoms with Crippen LogP contribution in [0, 0.1) is 13.8 Å². The van der Waals surface area contributed by atoms with Crippen molar-refractivity contribution in [2.75, 3.05) is 0 Å². The fourth-order valence-electron chi connectivity index (χ4n) is 4.98. The van der Waals surface area contributed by atoms with Crippen molar-refractivity contribution in [2.24, 2.45) is 0 Å². The van der Waals surface area contributed by atoms with Gasteiger partial charge in [0.1, 0.15) is 0 Å². The Hall–Kier alpha value is -4.26. The first-order chi connectivity index (χ1) is 18.1. The second-order valence-electron chi connectivity index (χ2n) is 9.55. The van der Waals surface area contributed by atoms with Gasteiger partial charge in [-0.05, 0) is 64.9 Å². The van der Waals surface area contributed by atoms with Crippen LogP contribution in [0.4, 0.5) is 0 Å². The van der Waals surface area contributed by atoms with Gasteiger partial charge in [0.2, 0.25) is 0 Å². The third-order valence-electron chi connectivity index (χ3n) is 6.91. The van der Waals surface area contributed by atoms with Crippen LogP contribution in [0.25, 0.3) is 28.2 Å². The summed E-state index contributed by atoms with van der Waals surface area (Å²) in [5.41, 5.74) is 8.42. The molecular formula is C30H32N6O. The number of unbranched alkanes of at least 4 members (excludes halogenated alkanes) is 2. The summed E-state index contributed by atoms with van der Waals surface area (Å²) in [5.74, 6) is 0.635. The van der Waals surface area contributed by atoms with Gasteiger partial charge in [-0.15, -0.1) is 5.10 Å². The number of H-pyrrole nitrogens is 1. The Labute approximate surface area is 216 Å². The molecule has 0 atom stereocenters. The van der Waals surface area contributed by atoms with Crippen LogP contribution in [-0.2, 0) is 13.0 Å². The topological polar surface area (TPSA) is 81.4 Å². The zero-order chi connectivity index (χ0) is 25.8. The average molecular weight is 493 g/mol. The van der Waals surface area contributed by atoms with Crippen LogP contribution in [0.5, 0.6) is 0 Å². The molecule has 0 saturated heterocycles. The lowest BCUT2D eigenvalue weighted by Gasteiger charge is -2.11. The second-order valence-corrected chi connectivity index (χ2v) is 9.55. The molecule has 5 rings (SSSR count). The molecule has 188 valence electrons. The molecule has 0 radical (unpaired) electrons. The maximum atomic E-state index is 13.7. The first-order valence-electron chi connectivity index (χ1n) is 12.9. The lowest BCUT2D eigenvalue weighted by atomic mass is 9.98. The number of nitrogens with zero attached hydrogens (tertiary/aromatic N) is 5. The third kappa shape index (κ3) is 5.03. The van der Waals surface area contributed by atoms with E-state index in [1.54, 1.807) is 0 Å². The van der Waals surface area contributed by atoms with E-state index in [1.807, 2.05) is 39.6 Å². The van der Waals surface area contributed by atoms with Crippen LogP contribution in [-0.4, -0.2) is 29.8 Å². The summed E-state index contributed by atoms with van der Waals surface area (Å²) in [7, 11) is 0. The van der Waals surface area contributed by atoms with E-state index >= 15 is 0 Å². The number of aromatic amines is 1. The molecule has 0 saturated carbocycles. The summed E-state index contributed by atoms with van der Waals surface area (Å²) in [6, 6.07) is 22.6. The van der Waals surface area contributed by atoms with E-state index < -0.39 is 0 Å². The quantitative estimate of drug-likeness (QED) is 0.260. The van der Waals surface area contributed by atoms with Gasteiger partial charge in [-0.2, -0.15) is 0 Å². The van der Waals surface area contributed by atoms with E-state index in [9.17, 15) is 4.79 Å². The van der Waals surface area contributed by atoms with Gasteiger partial charge < -0.3 is 0 Å². The molecule has 0 aliphatic heterocycles. The van der Waals surface area contributed by atoms with Gasteiger partial charge in [0.25, 0.3) is 0 Å². The van der Waals surface area contributed by atoms with Crippen molar-refractivity contribution < 1.29 is 0 Å². The normalized spacial score (nSPS) is 11.2. The molecule has 37 heavy (non-hydrogen) atoms. The summed E-state index contributed by atoms with van der Waals surface area (Å²) in [4.78, 5) is 13.7. The van der Waals surface area contributed by atoms with Gasteiger partial charge in [0.15, 0.2) is 5.82 Å². The monoisotopic (exact) mass is 492 g/mol.